The molecule has 1 N–H and O–H groups in total. The van der Waals surface area contributed by atoms with E-state index in [1.165, 1.54) is 16.9 Å². The number of carboxylic acid groups (broad SMARTS) is 1. The zero-order valence-corrected chi connectivity index (χ0v) is 12.4. The van der Waals surface area contributed by atoms with Crippen molar-refractivity contribution in [3.63, 3.8) is 0 Å². The molecule has 5 heteroatoms. The summed E-state index contributed by atoms with van der Waals surface area (Å²) < 4.78 is 5.73. The van der Waals surface area contributed by atoms with Gasteiger partial charge in [-0.25, -0.2) is 9.78 Å². The third kappa shape index (κ3) is 3.81. The number of rotatable bonds is 6. The van der Waals surface area contributed by atoms with Crippen LogP contribution in [0, 0.1) is 13.8 Å². The first-order valence-corrected chi connectivity index (χ1v) is 7.32. The largest absolute Gasteiger partial charge is 0.493 e. The van der Waals surface area contributed by atoms with Gasteiger partial charge in [0.2, 0.25) is 0 Å². The number of nitrogens with zero attached hydrogens (tertiary/aromatic N) is 1. The predicted octanol–water partition coefficient (Wildman–Crippen LogP) is 3.47. The van der Waals surface area contributed by atoms with Crippen LogP contribution in [-0.2, 0) is 6.42 Å². The Kier molecular flexibility index (Phi) is 4.74. The van der Waals surface area contributed by atoms with Gasteiger partial charge >= 0.3 is 5.97 Å². The minimum atomic E-state index is -0.973. The number of aromatic nitrogens is 1. The molecule has 106 valence electrons. The van der Waals surface area contributed by atoms with Gasteiger partial charge in [0.05, 0.1) is 11.6 Å². The molecule has 0 radical (unpaired) electrons. The van der Waals surface area contributed by atoms with Crippen molar-refractivity contribution in [1.29, 1.82) is 0 Å². The summed E-state index contributed by atoms with van der Waals surface area (Å²) in [5.41, 5.74) is 2.48. The van der Waals surface area contributed by atoms with Gasteiger partial charge < -0.3 is 9.84 Å². The lowest BCUT2D eigenvalue weighted by molar-refractivity contribution is 0.0691. The van der Waals surface area contributed by atoms with Gasteiger partial charge in [0, 0.05) is 11.8 Å². The fourth-order valence-electron chi connectivity index (χ4n) is 1.89. The Labute approximate surface area is 122 Å². The number of hydrogen-bond acceptors (Lipinski definition) is 4. The molecule has 4 nitrogen and oxygen atoms in total. The molecule has 1 heterocycles. The molecule has 0 aliphatic rings. The highest BCUT2D eigenvalue weighted by atomic mass is 32.1. The molecule has 0 fully saturated rings. The Balaban J connectivity index is 1.79. The molecule has 0 unspecified atom stereocenters. The van der Waals surface area contributed by atoms with E-state index < -0.39 is 5.97 Å². The van der Waals surface area contributed by atoms with Crippen molar-refractivity contribution < 1.29 is 14.6 Å². The minimum absolute atomic E-state index is 0.125. The fraction of sp³-hybridized carbons (Fsp3) is 0.333. The second kappa shape index (κ2) is 6.52. The van der Waals surface area contributed by atoms with Crippen LogP contribution in [-0.4, -0.2) is 22.7 Å². The van der Waals surface area contributed by atoms with Gasteiger partial charge in [0.1, 0.15) is 5.75 Å². The van der Waals surface area contributed by atoms with E-state index in [4.69, 9.17) is 9.84 Å². The van der Waals surface area contributed by atoms with Crippen LogP contribution in [0.3, 0.4) is 0 Å². The van der Waals surface area contributed by atoms with Crippen molar-refractivity contribution in [2.45, 2.75) is 26.7 Å². The van der Waals surface area contributed by atoms with Crippen LogP contribution in [0.5, 0.6) is 5.75 Å². The van der Waals surface area contributed by atoms with E-state index in [2.05, 4.69) is 18.0 Å². The van der Waals surface area contributed by atoms with Crippen LogP contribution in [0.1, 0.15) is 33.0 Å². The lowest BCUT2D eigenvalue weighted by Crippen LogP contribution is -2.01. The third-order valence-corrected chi connectivity index (χ3v) is 3.80. The fourth-order valence-corrected chi connectivity index (χ4v) is 2.71. The molecule has 0 amide bonds. The number of benzene rings is 1. The Morgan fingerprint density at radius 2 is 2.20 bits per heavy atom. The van der Waals surface area contributed by atoms with Crippen molar-refractivity contribution >= 4 is 17.3 Å². The Morgan fingerprint density at radius 3 is 2.85 bits per heavy atom. The molecule has 0 saturated carbocycles. The van der Waals surface area contributed by atoms with Gasteiger partial charge in [-0.3, -0.25) is 0 Å². The smallest absolute Gasteiger partial charge is 0.355 e. The van der Waals surface area contributed by atoms with Gasteiger partial charge in [-0.15, -0.1) is 11.3 Å². The maximum absolute atomic E-state index is 10.7. The molecule has 0 atom stereocenters. The quantitative estimate of drug-likeness (QED) is 0.828. The molecule has 0 spiro atoms. The van der Waals surface area contributed by atoms with Crippen molar-refractivity contribution in [2.75, 3.05) is 6.61 Å². The molecule has 0 aliphatic heterocycles. The zero-order valence-electron chi connectivity index (χ0n) is 11.5. The Hall–Kier alpha value is -1.88. The van der Waals surface area contributed by atoms with Gasteiger partial charge in [0.15, 0.2) is 5.69 Å². The van der Waals surface area contributed by atoms with Crippen molar-refractivity contribution in [2.24, 2.45) is 0 Å². The van der Waals surface area contributed by atoms with E-state index in [0.29, 0.717) is 6.61 Å². The highest BCUT2D eigenvalue weighted by Gasteiger charge is 2.08. The van der Waals surface area contributed by atoms with Crippen LogP contribution >= 0.6 is 11.3 Å². The number of carboxylic acids is 1. The summed E-state index contributed by atoms with van der Waals surface area (Å²) in [6, 6.07) is 6.11. The van der Waals surface area contributed by atoms with Crippen LogP contribution in [0.4, 0.5) is 0 Å². The maximum Gasteiger partial charge on any atom is 0.355 e. The molecule has 1 aromatic carbocycles. The number of thiazole rings is 1. The molecular formula is C15H17NO3S. The number of hydrogen-bond donors (Lipinski definition) is 1. The zero-order chi connectivity index (χ0) is 14.5. The summed E-state index contributed by atoms with van der Waals surface area (Å²) >= 11 is 1.38. The van der Waals surface area contributed by atoms with Gasteiger partial charge in [-0.2, -0.15) is 0 Å². The summed E-state index contributed by atoms with van der Waals surface area (Å²) in [5.74, 6) is -0.0695. The van der Waals surface area contributed by atoms with Gasteiger partial charge in [0.25, 0.3) is 0 Å². The average molecular weight is 291 g/mol. The summed E-state index contributed by atoms with van der Waals surface area (Å²) in [6.07, 6.45) is 1.56. The van der Waals surface area contributed by atoms with Crippen LogP contribution in [0.2, 0.25) is 0 Å². The van der Waals surface area contributed by atoms with Gasteiger partial charge in [-0.05, 0) is 31.9 Å². The highest BCUT2D eigenvalue weighted by molar-refractivity contribution is 7.09. The molecule has 20 heavy (non-hydrogen) atoms. The van der Waals surface area contributed by atoms with Crippen LogP contribution < -0.4 is 4.74 Å². The monoisotopic (exact) mass is 291 g/mol. The molecule has 0 saturated heterocycles. The lowest BCUT2D eigenvalue weighted by Gasteiger charge is -2.09. The number of aryl methyl sites for hydroxylation is 3. The van der Waals surface area contributed by atoms with E-state index in [9.17, 15) is 4.79 Å². The molecule has 0 bridgehead atoms. The SMILES string of the molecule is Cc1ccc(OCCCc2nc(C(=O)O)cs2)c(C)c1. The molecule has 2 aromatic rings. The highest BCUT2D eigenvalue weighted by Crippen LogP contribution is 2.19. The first-order chi connectivity index (χ1) is 9.56. The van der Waals surface area contributed by atoms with Crippen molar-refractivity contribution in [1.82, 2.24) is 4.98 Å². The number of aromatic carboxylic acids is 1. The first-order valence-electron chi connectivity index (χ1n) is 6.44. The average Bonchev–Trinajstić information content (AvgIpc) is 2.85. The Morgan fingerprint density at radius 1 is 1.40 bits per heavy atom. The van der Waals surface area contributed by atoms with Crippen molar-refractivity contribution in [3.8, 4) is 5.75 Å². The van der Waals surface area contributed by atoms with Gasteiger partial charge in [-0.1, -0.05) is 17.7 Å². The summed E-state index contributed by atoms with van der Waals surface area (Å²) in [6.45, 7) is 4.69. The minimum Gasteiger partial charge on any atom is -0.493 e. The molecule has 1 aromatic heterocycles. The van der Waals surface area contributed by atoms with E-state index in [1.807, 2.05) is 19.1 Å². The van der Waals surface area contributed by atoms with Crippen LogP contribution in [0.15, 0.2) is 23.6 Å². The lowest BCUT2D eigenvalue weighted by atomic mass is 10.1. The number of ether oxygens (including phenoxy) is 1. The first kappa shape index (κ1) is 14.5. The summed E-state index contributed by atoms with van der Waals surface area (Å²) in [4.78, 5) is 14.8. The van der Waals surface area contributed by atoms with Crippen molar-refractivity contribution in [3.05, 3.63) is 45.4 Å². The summed E-state index contributed by atoms with van der Waals surface area (Å²) in [7, 11) is 0. The van der Waals surface area contributed by atoms with Crippen LogP contribution in [0.25, 0.3) is 0 Å². The number of carbonyl (C=O) groups is 1. The van der Waals surface area contributed by atoms with E-state index in [-0.39, 0.29) is 5.69 Å². The Bertz CT molecular complexity index is 607. The molecule has 0 aliphatic carbocycles. The molecule has 2 rings (SSSR count). The maximum atomic E-state index is 10.7. The second-order valence-electron chi connectivity index (χ2n) is 4.65. The molecular weight excluding hydrogens is 274 g/mol. The predicted molar refractivity (Wildman–Crippen MR) is 78.8 cm³/mol. The van der Waals surface area contributed by atoms with E-state index in [0.717, 1.165) is 29.2 Å². The normalized spacial score (nSPS) is 10.5. The third-order valence-electron chi connectivity index (χ3n) is 2.89. The summed E-state index contributed by atoms with van der Waals surface area (Å²) in [5, 5.41) is 11.2. The standard InChI is InChI=1S/C15H17NO3S/c1-10-5-6-13(11(2)8-10)19-7-3-4-14-16-12(9-20-14)15(17)18/h5-6,8-9H,3-4,7H2,1-2H3,(H,17,18). The topological polar surface area (TPSA) is 59.4 Å². The van der Waals surface area contributed by atoms with E-state index in [1.54, 1.807) is 5.38 Å². The van der Waals surface area contributed by atoms with E-state index >= 15 is 0 Å². The second-order valence-corrected chi connectivity index (χ2v) is 5.60.